The molecule has 3 heteroatoms. The second-order valence-electron chi connectivity index (χ2n) is 13.1. The maximum Gasteiger partial charge on any atom is 0.0651 e. The molecule has 5 fully saturated rings. The van der Waals surface area contributed by atoms with E-state index in [0.29, 0.717) is 24.0 Å². The van der Waals surface area contributed by atoms with Gasteiger partial charge in [-0.15, -0.1) is 0 Å². The van der Waals surface area contributed by atoms with Crippen molar-refractivity contribution in [2.45, 2.75) is 77.8 Å². The predicted molar refractivity (Wildman–Crippen MR) is 113 cm³/mol. The van der Waals surface area contributed by atoms with Crippen LogP contribution in [0.25, 0.3) is 0 Å². The smallest absolute Gasteiger partial charge is 0.0651 e. The van der Waals surface area contributed by atoms with E-state index in [1.54, 1.807) is 0 Å². The minimum absolute atomic E-state index is 0.0671. The lowest BCUT2D eigenvalue weighted by atomic mass is 9.57. The van der Waals surface area contributed by atoms with E-state index in [9.17, 15) is 0 Å². The molecular formula is C26H40O3. The Hall–Kier alpha value is -0.380. The largest absolute Gasteiger partial charge is 0.376 e. The lowest BCUT2D eigenvalue weighted by molar-refractivity contribution is -0.0959. The van der Waals surface area contributed by atoms with Crippen molar-refractivity contribution in [3.8, 4) is 0 Å². The van der Waals surface area contributed by atoms with Gasteiger partial charge < -0.3 is 14.2 Å². The molecular weight excluding hydrogens is 360 g/mol. The van der Waals surface area contributed by atoms with Crippen LogP contribution in [0.5, 0.6) is 0 Å². The van der Waals surface area contributed by atoms with E-state index in [1.165, 1.54) is 12.8 Å². The van der Waals surface area contributed by atoms with E-state index in [-0.39, 0.29) is 11.2 Å². The van der Waals surface area contributed by atoms with Crippen LogP contribution < -0.4 is 0 Å². The SMILES string of the molecule is CC(C)(C)OCC1C(COC(C)(C)C)C2CC1C1C3OC(C4C5C=CC(C5)C34)C21. The van der Waals surface area contributed by atoms with Crippen molar-refractivity contribution in [2.24, 2.45) is 59.2 Å². The van der Waals surface area contributed by atoms with E-state index in [0.717, 1.165) is 60.6 Å². The monoisotopic (exact) mass is 400 g/mol. The minimum Gasteiger partial charge on any atom is -0.376 e. The zero-order chi connectivity index (χ0) is 20.3. The summed E-state index contributed by atoms with van der Waals surface area (Å²) in [6.45, 7) is 14.9. The number of rotatable bonds is 4. The Morgan fingerprint density at radius 2 is 1.14 bits per heavy atom. The molecule has 0 aromatic rings. The second-order valence-corrected chi connectivity index (χ2v) is 13.1. The van der Waals surface area contributed by atoms with E-state index in [1.807, 2.05) is 0 Å². The zero-order valence-electron chi connectivity index (χ0n) is 19.1. The van der Waals surface area contributed by atoms with Crippen LogP contribution in [0.3, 0.4) is 0 Å². The van der Waals surface area contributed by atoms with E-state index in [4.69, 9.17) is 14.2 Å². The van der Waals surface area contributed by atoms with Crippen molar-refractivity contribution in [1.29, 1.82) is 0 Å². The number of allylic oxidation sites excluding steroid dienone is 2. The van der Waals surface area contributed by atoms with Gasteiger partial charge in [0, 0.05) is 0 Å². The Morgan fingerprint density at radius 1 is 0.690 bits per heavy atom. The number of fused-ring (bicyclic) bond motifs is 16. The molecule has 6 rings (SSSR count). The van der Waals surface area contributed by atoms with Crippen molar-refractivity contribution in [1.82, 2.24) is 0 Å². The van der Waals surface area contributed by atoms with E-state index in [2.05, 4.69) is 53.7 Å². The molecule has 4 aliphatic carbocycles. The highest BCUT2D eigenvalue weighted by atomic mass is 16.5. The van der Waals surface area contributed by atoms with Crippen LogP contribution in [0.15, 0.2) is 12.2 Å². The first-order valence-corrected chi connectivity index (χ1v) is 12.2. The van der Waals surface area contributed by atoms with Gasteiger partial charge in [0.15, 0.2) is 0 Å². The fraction of sp³-hybridized carbons (Fsp3) is 0.923. The Morgan fingerprint density at radius 3 is 1.55 bits per heavy atom. The van der Waals surface area contributed by atoms with Crippen molar-refractivity contribution < 1.29 is 14.2 Å². The molecule has 0 N–H and O–H groups in total. The summed E-state index contributed by atoms with van der Waals surface area (Å²) in [5.41, 5.74) is -0.134. The molecule has 0 spiro atoms. The van der Waals surface area contributed by atoms with Crippen LogP contribution >= 0.6 is 0 Å². The molecule has 12 atom stereocenters. The quantitative estimate of drug-likeness (QED) is 0.625. The van der Waals surface area contributed by atoms with Gasteiger partial charge in [-0.25, -0.2) is 0 Å². The molecule has 2 heterocycles. The Bertz CT molecular complexity index is 644. The Balaban J connectivity index is 1.27. The third-order valence-electron chi connectivity index (χ3n) is 9.46. The lowest BCUT2D eigenvalue weighted by Gasteiger charge is -2.46. The molecule has 2 aliphatic heterocycles. The van der Waals surface area contributed by atoms with Crippen molar-refractivity contribution in [2.75, 3.05) is 13.2 Å². The van der Waals surface area contributed by atoms with Gasteiger partial charge in [0.05, 0.1) is 36.6 Å². The van der Waals surface area contributed by atoms with Gasteiger partial charge in [-0.3, -0.25) is 0 Å². The highest BCUT2D eigenvalue weighted by Gasteiger charge is 2.74. The maximum atomic E-state index is 6.83. The molecule has 0 aromatic heterocycles. The van der Waals surface area contributed by atoms with Gasteiger partial charge in [0.25, 0.3) is 0 Å². The fourth-order valence-electron chi connectivity index (χ4n) is 8.75. The first-order valence-electron chi connectivity index (χ1n) is 12.2. The molecule has 6 aliphatic rings. The first kappa shape index (κ1) is 19.3. The average molecular weight is 401 g/mol. The fourth-order valence-corrected chi connectivity index (χ4v) is 8.75. The normalized spacial score (nSPS) is 53.9. The number of hydrogen-bond donors (Lipinski definition) is 0. The van der Waals surface area contributed by atoms with Crippen LogP contribution in [-0.4, -0.2) is 36.6 Å². The Labute approximate surface area is 176 Å². The summed E-state index contributed by atoms with van der Waals surface area (Å²) in [4.78, 5) is 0. The summed E-state index contributed by atoms with van der Waals surface area (Å²) >= 11 is 0. The molecule has 0 amide bonds. The lowest BCUT2D eigenvalue weighted by Crippen LogP contribution is -2.50. The molecule has 162 valence electrons. The summed E-state index contributed by atoms with van der Waals surface area (Å²) in [7, 11) is 0. The summed E-state index contributed by atoms with van der Waals surface area (Å²) in [5.74, 6) is 7.68. The number of hydrogen-bond acceptors (Lipinski definition) is 3. The predicted octanol–water partition coefficient (Wildman–Crippen LogP) is 4.95. The molecule has 6 bridgehead atoms. The number of ether oxygens (including phenoxy) is 3. The van der Waals surface area contributed by atoms with Gasteiger partial charge in [0.2, 0.25) is 0 Å². The molecule has 3 nitrogen and oxygen atoms in total. The molecule has 2 saturated heterocycles. The van der Waals surface area contributed by atoms with Gasteiger partial charge in [-0.1, -0.05) is 12.2 Å². The van der Waals surface area contributed by atoms with E-state index >= 15 is 0 Å². The van der Waals surface area contributed by atoms with Crippen LogP contribution in [0, 0.1) is 59.2 Å². The van der Waals surface area contributed by atoms with Gasteiger partial charge in [0.1, 0.15) is 0 Å². The third kappa shape index (κ3) is 2.79. The molecule has 29 heavy (non-hydrogen) atoms. The summed E-state index contributed by atoms with van der Waals surface area (Å²) in [6.07, 6.45) is 8.92. The summed E-state index contributed by atoms with van der Waals surface area (Å²) in [5, 5.41) is 0. The third-order valence-corrected chi connectivity index (χ3v) is 9.46. The second kappa shape index (κ2) is 6.11. The Kier molecular flexibility index (Phi) is 4.07. The first-order chi connectivity index (χ1) is 13.6. The van der Waals surface area contributed by atoms with Crippen molar-refractivity contribution in [3.05, 3.63) is 12.2 Å². The minimum atomic E-state index is -0.0671. The van der Waals surface area contributed by atoms with Crippen molar-refractivity contribution >= 4 is 0 Å². The summed E-state index contributed by atoms with van der Waals surface area (Å²) in [6, 6.07) is 0. The summed E-state index contributed by atoms with van der Waals surface area (Å²) < 4.78 is 19.6. The average Bonchev–Trinajstić information content (AvgIpc) is 3.42. The highest BCUT2D eigenvalue weighted by molar-refractivity contribution is 5.26. The van der Waals surface area contributed by atoms with Crippen LogP contribution in [0.1, 0.15) is 54.4 Å². The van der Waals surface area contributed by atoms with Crippen LogP contribution in [0.2, 0.25) is 0 Å². The van der Waals surface area contributed by atoms with Gasteiger partial charge >= 0.3 is 0 Å². The van der Waals surface area contributed by atoms with E-state index < -0.39 is 0 Å². The molecule has 3 saturated carbocycles. The molecule has 12 unspecified atom stereocenters. The topological polar surface area (TPSA) is 27.7 Å². The zero-order valence-corrected chi connectivity index (χ0v) is 19.1. The van der Waals surface area contributed by atoms with Crippen LogP contribution in [-0.2, 0) is 14.2 Å². The van der Waals surface area contributed by atoms with Gasteiger partial charge in [-0.2, -0.15) is 0 Å². The highest BCUT2D eigenvalue weighted by Crippen LogP contribution is 2.72. The van der Waals surface area contributed by atoms with Gasteiger partial charge in [-0.05, 0) is 114 Å². The molecule has 0 aromatic carbocycles. The molecule has 0 radical (unpaired) electrons. The maximum absolute atomic E-state index is 6.83. The van der Waals surface area contributed by atoms with Crippen molar-refractivity contribution in [3.63, 3.8) is 0 Å². The standard InChI is InChI=1S/C26H40O3/c1-25(2,3)27-11-17-15-10-16(18(17)12-28-26(4,5)6)22-21(15)23-19-13-7-8-14(9-13)20(19)24(22)29-23/h7-8,13-24H,9-12H2,1-6H3. The van der Waals surface area contributed by atoms with Crippen LogP contribution in [0.4, 0.5) is 0 Å².